The van der Waals surface area contributed by atoms with Crippen molar-refractivity contribution in [3.8, 4) is 0 Å². The van der Waals surface area contributed by atoms with Crippen molar-refractivity contribution in [1.82, 2.24) is 0 Å². The second kappa shape index (κ2) is 2.99. The van der Waals surface area contributed by atoms with Gasteiger partial charge in [0.1, 0.15) is 6.61 Å². The molecule has 52 valence electrons. The zero-order valence-corrected chi connectivity index (χ0v) is 5.86. The van der Waals surface area contributed by atoms with Crippen molar-refractivity contribution >= 4 is 15.6 Å². The predicted octanol–water partition coefficient (Wildman–Crippen LogP) is 0.328. The molecule has 0 amide bonds. The third-order valence-corrected chi connectivity index (χ3v) is 1.12. The molecule has 0 aromatic heterocycles. The molecule has 1 rings (SSSR count). The van der Waals surface area contributed by atoms with Crippen LogP contribution in [-0.4, -0.2) is 25.5 Å². The number of carbonyl (C=O) groups excluding carboxylic acids is 1. The molecule has 0 N–H and O–H groups in total. The summed E-state index contributed by atoms with van der Waals surface area (Å²) in [6, 6.07) is 0. The average molecular weight is 150 g/mol. The lowest BCUT2D eigenvalue weighted by Gasteiger charge is -2.01. The molecule has 0 bridgehead atoms. The fourth-order valence-corrected chi connectivity index (χ4v) is 0.769. The van der Waals surface area contributed by atoms with Crippen molar-refractivity contribution in [3.63, 3.8) is 0 Å². The molecule has 0 aromatic rings. The number of cyclic esters (lactones) is 2. The van der Waals surface area contributed by atoms with E-state index in [2.05, 4.69) is 23.5 Å². The van der Waals surface area contributed by atoms with Crippen molar-refractivity contribution in [2.45, 2.75) is 6.10 Å². The van der Waals surface area contributed by atoms with E-state index in [1.807, 2.05) is 0 Å². The van der Waals surface area contributed by atoms with Gasteiger partial charge in [-0.15, -0.1) is 0 Å². The van der Waals surface area contributed by atoms with E-state index in [4.69, 9.17) is 0 Å². The van der Waals surface area contributed by atoms with E-state index < -0.39 is 6.16 Å². The van der Waals surface area contributed by atoms with E-state index >= 15 is 0 Å². The topological polar surface area (TPSA) is 44.8 Å². The molecule has 0 aromatic carbocycles. The van der Waals surface area contributed by atoms with Crippen LogP contribution in [0.5, 0.6) is 0 Å². The quantitative estimate of drug-likeness (QED) is 0.420. The van der Waals surface area contributed by atoms with E-state index in [0.29, 0.717) is 13.2 Å². The van der Waals surface area contributed by atoms with Gasteiger partial charge in [-0.3, -0.25) is 0 Å². The highest BCUT2D eigenvalue weighted by atomic mass is 31.0. The molecule has 0 radical (unpaired) electrons. The molecule has 0 spiro atoms. The van der Waals surface area contributed by atoms with Crippen LogP contribution in [0.3, 0.4) is 0 Å². The van der Waals surface area contributed by atoms with Gasteiger partial charge in [0, 0.05) is 9.47 Å². The molecule has 5 heteroatoms. The molecule has 9 heavy (non-hydrogen) atoms. The van der Waals surface area contributed by atoms with Crippen LogP contribution in [0.1, 0.15) is 0 Å². The standard InChI is InChI=1S/C4H7O4P/c5-4-6-1-3(8-4)2-7-9/h3H,1-2,9H2. The van der Waals surface area contributed by atoms with Crippen molar-refractivity contribution in [2.75, 3.05) is 13.2 Å². The number of hydrogen-bond acceptors (Lipinski definition) is 4. The van der Waals surface area contributed by atoms with Crippen LogP contribution >= 0.6 is 9.47 Å². The van der Waals surface area contributed by atoms with E-state index in [1.54, 1.807) is 0 Å². The molecule has 1 heterocycles. The second-order valence-electron chi connectivity index (χ2n) is 1.63. The summed E-state index contributed by atoms with van der Waals surface area (Å²) in [5.74, 6) is 0. The lowest BCUT2D eigenvalue weighted by molar-refractivity contribution is 0.103. The molecule has 1 aliphatic rings. The molecule has 1 saturated heterocycles. The predicted molar refractivity (Wildman–Crippen MR) is 31.9 cm³/mol. The van der Waals surface area contributed by atoms with Crippen LogP contribution in [0.4, 0.5) is 4.79 Å². The third-order valence-electron chi connectivity index (χ3n) is 0.932. The van der Waals surface area contributed by atoms with Gasteiger partial charge >= 0.3 is 6.16 Å². The van der Waals surface area contributed by atoms with E-state index in [0.717, 1.165) is 0 Å². The maximum atomic E-state index is 10.2. The molecule has 2 unspecified atom stereocenters. The summed E-state index contributed by atoms with van der Waals surface area (Å²) in [5, 5.41) is 0. The summed E-state index contributed by atoms with van der Waals surface area (Å²) in [6.45, 7) is 0.670. The fraction of sp³-hybridized carbons (Fsp3) is 0.750. The minimum absolute atomic E-state index is 0.227. The summed E-state index contributed by atoms with van der Waals surface area (Å²) in [5.41, 5.74) is 0. The monoisotopic (exact) mass is 150 g/mol. The molecule has 0 aliphatic carbocycles. The minimum atomic E-state index is -0.609. The Labute approximate surface area is 54.7 Å². The van der Waals surface area contributed by atoms with Gasteiger partial charge < -0.3 is 14.0 Å². The molecular formula is C4H7O4P. The Kier molecular flexibility index (Phi) is 2.25. The van der Waals surface area contributed by atoms with Crippen LogP contribution in [0.15, 0.2) is 0 Å². The van der Waals surface area contributed by atoms with Gasteiger partial charge in [0.25, 0.3) is 0 Å². The lowest BCUT2D eigenvalue weighted by Crippen LogP contribution is -2.14. The largest absolute Gasteiger partial charge is 0.508 e. The van der Waals surface area contributed by atoms with E-state index in [9.17, 15) is 4.79 Å². The van der Waals surface area contributed by atoms with Gasteiger partial charge in [-0.25, -0.2) is 4.79 Å². The zero-order valence-electron chi connectivity index (χ0n) is 4.70. The lowest BCUT2D eigenvalue weighted by atomic mass is 10.4. The molecular weight excluding hydrogens is 143 g/mol. The van der Waals surface area contributed by atoms with Gasteiger partial charge in [0.2, 0.25) is 0 Å². The van der Waals surface area contributed by atoms with Crippen LogP contribution in [-0.2, 0) is 14.0 Å². The molecule has 4 nitrogen and oxygen atoms in total. The maximum Gasteiger partial charge on any atom is 0.508 e. The Morgan fingerprint density at radius 2 is 2.67 bits per heavy atom. The van der Waals surface area contributed by atoms with Crippen molar-refractivity contribution in [1.29, 1.82) is 0 Å². The summed E-state index contributed by atoms with van der Waals surface area (Å²) in [7, 11) is 2.07. The second-order valence-corrected chi connectivity index (χ2v) is 1.97. The SMILES string of the molecule is O=C1OCC(COP)O1. The van der Waals surface area contributed by atoms with Crippen LogP contribution in [0, 0.1) is 0 Å². The van der Waals surface area contributed by atoms with E-state index in [1.165, 1.54) is 0 Å². The maximum absolute atomic E-state index is 10.2. The van der Waals surface area contributed by atoms with Crippen LogP contribution in [0.25, 0.3) is 0 Å². The normalized spacial score (nSPS) is 25.4. The molecule has 0 saturated carbocycles. The minimum Gasteiger partial charge on any atom is -0.430 e. The first kappa shape index (κ1) is 6.78. The first-order chi connectivity index (χ1) is 4.33. The number of ether oxygens (including phenoxy) is 2. The van der Waals surface area contributed by atoms with Gasteiger partial charge in [-0.2, -0.15) is 0 Å². The first-order valence-corrected chi connectivity index (χ1v) is 2.95. The zero-order chi connectivity index (χ0) is 6.69. The third kappa shape index (κ3) is 1.80. The van der Waals surface area contributed by atoms with Gasteiger partial charge in [0.15, 0.2) is 6.10 Å². The smallest absolute Gasteiger partial charge is 0.430 e. The van der Waals surface area contributed by atoms with Crippen molar-refractivity contribution < 1.29 is 18.8 Å². The average Bonchev–Trinajstić information content (AvgIpc) is 2.17. The Morgan fingerprint density at radius 1 is 1.89 bits per heavy atom. The summed E-state index contributed by atoms with van der Waals surface area (Å²) < 4.78 is 13.7. The van der Waals surface area contributed by atoms with Gasteiger partial charge in [0.05, 0.1) is 6.61 Å². The molecule has 1 fully saturated rings. The Hall–Kier alpha value is -0.340. The highest BCUT2D eigenvalue weighted by Gasteiger charge is 2.24. The number of hydrogen-bond donors (Lipinski definition) is 0. The number of rotatable bonds is 2. The highest BCUT2D eigenvalue weighted by molar-refractivity contribution is 7.09. The Bertz CT molecular complexity index is 115. The van der Waals surface area contributed by atoms with Gasteiger partial charge in [-0.05, 0) is 0 Å². The summed E-state index contributed by atoms with van der Waals surface area (Å²) >= 11 is 0. The van der Waals surface area contributed by atoms with Crippen molar-refractivity contribution in [3.05, 3.63) is 0 Å². The van der Waals surface area contributed by atoms with Crippen molar-refractivity contribution in [2.24, 2.45) is 0 Å². The number of carbonyl (C=O) groups is 1. The van der Waals surface area contributed by atoms with Gasteiger partial charge in [-0.1, -0.05) is 0 Å². The molecule has 2 atom stereocenters. The molecule has 1 aliphatic heterocycles. The Morgan fingerprint density at radius 3 is 3.11 bits per heavy atom. The first-order valence-electron chi connectivity index (χ1n) is 2.48. The van der Waals surface area contributed by atoms with E-state index in [-0.39, 0.29) is 6.10 Å². The highest BCUT2D eigenvalue weighted by Crippen LogP contribution is 2.06. The van der Waals surface area contributed by atoms with Crippen LogP contribution in [0.2, 0.25) is 0 Å². The summed E-state index contributed by atoms with van der Waals surface area (Å²) in [6.07, 6.45) is -0.836. The summed E-state index contributed by atoms with van der Waals surface area (Å²) in [4.78, 5) is 10.2. The fourth-order valence-electron chi connectivity index (χ4n) is 0.555. The Balaban J connectivity index is 2.22. The van der Waals surface area contributed by atoms with Crippen LogP contribution < -0.4 is 0 Å².